The summed E-state index contributed by atoms with van der Waals surface area (Å²) in [5.74, 6) is -0.709. The molecule has 1 saturated heterocycles. The number of carbonyl (C=O) groups is 2. The second-order valence-corrected chi connectivity index (χ2v) is 7.88. The molecule has 170 valence electrons. The lowest BCUT2D eigenvalue weighted by atomic mass is 10.0. The number of thiocarbonyl (C=S) groups is 1. The molecule has 1 aliphatic heterocycles. The molecule has 8 nitrogen and oxygen atoms in total. The number of nitrogens with one attached hydrogen (secondary N) is 1. The molecule has 0 saturated carbocycles. The molecule has 0 unspecified atom stereocenters. The van der Waals surface area contributed by atoms with Crippen LogP contribution in [0.15, 0.2) is 67.0 Å². The van der Waals surface area contributed by atoms with Crippen molar-refractivity contribution in [3.05, 3.63) is 83.9 Å². The molecule has 2 aromatic heterocycles. The van der Waals surface area contributed by atoms with Gasteiger partial charge in [-0.1, -0.05) is 12.1 Å². The molecule has 3 heterocycles. The van der Waals surface area contributed by atoms with Crippen LogP contribution in [0.25, 0.3) is 5.69 Å². The van der Waals surface area contributed by atoms with E-state index in [4.69, 9.17) is 21.7 Å². The van der Waals surface area contributed by atoms with Gasteiger partial charge in [-0.15, -0.1) is 0 Å². The van der Waals surface area contributed by atoms with Crippen LogP contribution in [0.1, 0.15) is 40.3 Å². The van der Waals surface area contributed by atoms with Gasteiger partial charge >= 0.3 is 11.9 Å². The van der Waals surface area contributed by atoms with Gasteiger partial charge < -0.3 is 24.3 Å². The van der Waals surface area contributed by atoms with Crippen molar-refractivity contribution in [2.24, 2.45) is 0 Å². The minimum atomic E-state index is -0.402. The Labute approximate surface area is 197 Å². The molecular weight excluding hydrogens is 440 g/mol. The van der Waals surface area contributed by atoms with Crippen LogP contribution in [-0.4, -0.2) is 52.3 Å². The molecule has 0 radical (unpaired) electrons. The fourth-order valence-corrected chi connectivity index (χ4v) is 4.38. The molecule has 3 aromatic rings. The summed E-state index contributed by atoms with van der Waals surface area (Å²) in [6.07, 6.45) is 3.87. The van der Waals surface area contributed by atoms with E-state index in [1.807, 2.05) is 58.1 Å². The van der Waals surface area contributed by atoms with Crippen LogP contribution in [0.2, 0.25) is 0 Å². The number of nitrogens with zero attached hydrogens (tertiary/aromatic N) is 3. The first-order valence-electron chi connectivity index (χ1n) is 10.4. The molecule has 1 aliphatic rings. The Bertz CT molecular complexity index is 1160. The van der Waals surface area contributed by atoms with Gasteiger partial charge in [0.1, 0.15) is 0 Å². The van der Waals surface area contributed by atoms with E-state index in [-0.39, 0.29) is 24.5 Å². The molecule has 33 heavy (non-hydrogen) atoms. The molecule has 1 aromatic carbocycles. The zero-order valence-corrected chi connectivity index (χ0v) is 19.1. The number of carbonyl (C=O) groups excluding carboxylic acids is 2. The first kappa shape index (κ1) is 22.5. The van der Waals surface area contributed by atoms with Crippen LogP contribution in [0.5, 0.6) is 0 Å². The van der Waals surface area contributed by atoms with Crippen molar-refractivity contribution in [1.82, 2.24) is 19.8 Å². The molecule has 1 N–H and O–H groups in total. The van der Waals surface area contributed by atoms with Crippen LogP contribution >= 0.6 is 12.2 Å². The van der Waals surface area contributed by atoms with E-state index < -0.39 is 5.97 Å². The normalized spacial score (nSPS) is 17.5. The Kier molecular flexibility index (Phi) is 6.69. The van der Waals surface area contributed by atoms with E-state index >= 15 is 0 Å². The van der Waals surface area contributed by atoms with Gasteiger partial charge in [-0.25, -0.2) is 4.79 Å². The average molecular weight is 465 g/mol. The van der Waals surface area contributed by atoms with Crippen LogP contribution in [0.3, 0.4) is 0 Å². The van der Waals surface area contributed by atoms with Crippen molar-refractivity contribution in [2.45, 2.75) is 18.5 Å². The average Bonchev–Trinajstić information content (AvgIpc) is 3.46. The Hall–Kier alpha value is -3.72. The molecule has 0 spiro atoms. The molecule has 4 rings (SSSR count). The summed E-state index contributed by atoms with van der Waals surface area (Å²) in [7, 11) is 2.73. The van der Waals surface area contributed by atoms with Gasteiger partial charge in [0.15, 0.2) is 5.11 Å². The van der Waals surface area contributed by atoms with Gasteiger partial charge in [0.2, 0.25) is 0 Å². The molecule has 2 atom stereocenters. The fourth-order valence-electron chi connectivity index (χ4n) is 4.05. The Morgan fingerprint density at radius 1 is 1.09 bits per heavy atom. The van der Waals surface area contributed by atoms with E-state index in [0.29, 0.717) is 17.2 Å². The molecule has 0 amide bonds. The van der Waals surface area contributed by atoms with Gasteiger partial charge in [0, 0.05) is 30.3 Å². The molecular formula is C24H24N4O4S. The first-order valence-corrected chi connectivity index (χ1v) is 10.8. The monoisotopic (exact) mass is 464 g/mol. The van der Waals surface area contributed by atoms with E-state index in [1.54, 1.807) is 18.3 Å². The van der Waals surface area contributed by atoms with Crippen LogP contribution in [0, 0.1) is 0 Å². The minimum absolute atomic E-state index is 0.197. The van der Waals surface area contributed by atoms with Crippen molar-refractivity contribution in [3.63, 3.8) is 0 Å². The van der Waals surface area contributed by atoms with E-state index in [9.17, 15) is 9.59 Å². The zero-order valence-electron chi connectivity index (χ0n) is 18.3. The molecule has 0 bridgehead atoms. The van der Waals surface area contributed by atoms with Gasteiger partial charge in [-0.2, -0.15) is 0 Å². The predicted octanol–water partition coefficient (Wildman–Crippen LogP) is 3.19. The minimum Gasteiger partial charge on any atom is -0.469 e. The summed E-state index contributed by atoms with van der Waals surface area (Å²) < 4.78 is 11.7. The van der Waals surface area contributed by atoms with Gasteiger partial charge in [0.25, 0.3) is 0 Å². The maximum atomic E-state index is 12.1. The summed E-state index contributed by atoms with van der Waals surface area (Å²) in [5, 5.41) is 3.91. The van der Waals surface area contributed by atoms with Gasteiger partial charge in [-0.3, -0.25) is 9.78 Å². The highest BCUT2D eigenvalue weighted by Gasteiger charge is 2.41. The third-order valence-corrected chi connectivity index (χ3v) is 5.96. The van der Waals surface area contributed by atoms with Crippen molar-refractivity contribution < 1.29 is 19.1 Å². The Morgan fingerprint density at radius 3 is 2.67 bits per heavy atom. The van der Waals surface area contributed by atoms with Crippen molar-refractivity contribution in [1.29, 1.82) is 0 Å². The molecule has 0 aliphatic carbocycles. The number of aromatic nitrogens is 2. The highest BCUT2D eigenvalue weighted by molar-refractivity contribution is 7.80. The SMILES string of the molecule is COC(=O)CCN1C(=S)N[C@H](c2ccccn2)[C@@H]1c1cccn1-c1cccc(C(=O)OC)c1. The van der Waals surface area contributed by atoms with Crippen LogP contribution in [-0.2, 0) is 14.3 Å². The number of rotatable bonds is 7. The third-order valence-electron chi connectivity index (χ3n) is 5.61. The molecule has 1 fully saturated rings. The predicted molar refractivity (Wildman–Crippen MR) is 126 cm³/mol. The lowest BCUT2D eigenvalue weighted by Crippen LogP contribution is -2.32. The molecule has 9 heteroatoms. The Balaban J connectivity index is 1.77. The number of pyridine rings is 1. The summed E-state index contributed by atoms with van der Waals surface area (Å²) in [6, 6.07) is 16.4. The topological polar surface area (TPSA) is 85.7 Å². The van der Waals surface area contributed by atoms with Crippen molar-refractivity contribution in [3.8, 4) is 5.69 Å². The number of ether oxygens (including phenoxy) is 2. The number of hydrogen-bond donors (Lipinski definition) is 1. The summed E-state index contributed by atoms with van der Waals surface area (Å²) in [5.41, 5.74) is 3.04. The lowest BCUT2D eigenvalue weighted by molar-refractivity contribution is -0.140. The zero-order chi connectivity index (χ0) is 23.4. The number of benzene rings is 1. The van der Waals surface area contributed by atoms with E-state index in [0.717, 1.165) is 17.1 Å². The van der Waals surface area contributed by atoms with E-state index in [1.165, 1.54) is 14.2 Å². The second-order valence-electron chi connectivity index (χ2n) is 7.49. The fraction of sp³-hybridized carbons (Fsp3) is 0.250. The lowest BCUT2D eigenvalue weighted by Gasteiger charge is -2.28. The van der Waals surface area contributed by atoms with E-state index in [2.05, 4.69) is 10.3 Å². The van der Waals surface area contributed by atoms with Crippen molar-refractivity contribution in [2.75, 3.05) is 20.8 Å². The maximum absolute atomic E-state index is 12.1. The maximum Gasteiger partial charge on any atom is 0.337 e. The Morgan fingerprint density at radius 2 is 1.94 bits per heavy atom. The largest absolute Gasteiger partial charge is 0.469 e. The quantitative estimate of drug-likeness (QED) is 0.422. The standard InChI is InChI=1S/C24H24N4O4S/c1-31-20(29)11-14-28-22(21(26-24(28)33)18-9-3-4-12-25-18)19-10-6-13-27(19)17-8-5-7-16(15-17)23(30)32-2/h3-10,12-13,15,21-22H,11,14H2,1-2H3,(H,26,33)/t21-,22+/m1/s1. The third kappa shape index (κ3) is 4.58. The summed E-state index contributed by atoms with van der Waals surface area (Å²) in [6.45, 7) is 0.389. The number of methoxy groups -OCH3 is 2. The summed E-state index contributed by atoms with van der Waals surface area (Å²) in [4.78, 5) is 30.5. The number of esters is 2. The number of hydrogen-bond acceptors (Lipinski definition) is 6. The van der Waals surface area contributed by atoms with Crippen LogP contribution < -0.4 is 5.32 Å². The van der Waals surface area contributed by atoms with Gasteiger partial charge in [-0.05, 0) is 54.7 Å². The first-order chi connectivity index (χ1) is 16.0. The van der Waals surface area contributed by atoms with Crippen LogP contribution in [0.4, 0.5) is 0 Å². The van der Waals surface area contributed by atoms with Gasteiger partial charge in [0.05, 0.1) is 44.0 Å². The highest BCUT2D eigenvalue weighted by atomic mass is 32.1. The second kappa shape index (κ2) is 9.83. The summed E-state index contributed by atoms with van der Waals surface area (Å²) >= 11 is 5.65. The highest BCUT2D eigenvalue weighted by Crippen LogP contribution is 2.39. The van der Waals surface area contributed by atoms with Crippen molar-refractivity contribution >= 4 is 29.3 Å². The smallest absolute Gasteiger partial charge is 0.337 e.